The first-order valence-corrected chi connectivity index (χ1v) is 9.74. The second-order valence-corrected chi connectivity index (χ2v) is 8.65. The van der Waals surface area contributed by atoms with Crippen LogP contribution < -0.4 is 4.67 Å². The molecule has 0 fully saturated rings. The fourth-order valence-electron chi connectivity index (χ4n) is 2.57. The Bertz CT molecular complexity index is 982. The summed E-state index contributed by atoms with van der Waals surface area (Å²) < 4.78 is 55.2. The number of carbonyl (C=O) groups is 2. The lowest BCUT2D eigenvalue weighted by molar-refractivity contribution is -0.140. The lowest BCUT2D eigenvalue weighted by Crippen LogP contribution is -2.18. The van der Waals surface area contributed by atoms with Crippen molar-refractivity contribution < 1.29 is 27.2 Å². The minimum atomic E-state index is -4.91. The summed E-state index contributed by atoms with van der Waals surface area (Å²) in [6, 6.07) is 2.54. The summed E-state index contributed by atoms with van der Waals surface area (Å²) in [5, 5.41) is 0. The maximum absolute atomic E-state index is 14.3. The number of halogens is 4. The number of nitrogens with zero attached hydrogens (tertiary/aromatic N) is 2. The topological polar surface area (TPSA) is 51.4 Å². The van der Waals surface area contributed by atoms with Gasteiger partial charge >= 0.3 is 6.18 Å². The molecule has 0 atom stereocenters. The highest BCUT2D eigenvalue weighted by Gasteiger charge is 2.35. The van der Waals surface area contributed by atoms with Crippen molar-refractivity contribution >= 4 is 23.2 Å². The smallest absolute Gasteiger partial charge is 0.300 e. The second-order valence-electron chi connectivity index (χ2n) is 7.68. The fourth-order valence-corrected chi connectivity index (χ4v) is 3.60. The van der Waals surface area contributed by atoms with E-state index < -0.39 is 29.0 Å². The van der Waals surface area contributed by atoms with Gasteiger partial charge in [-0.3, -0.25) is 8.75 Å². The summed E-state index contributed by atoms with van der Waals surface area (Å²) in [6.07, 6.45) is -1.72. The molecule has 0 N–H and O–H groups in total. The first-order valence-electron chi connectivity index (χ1n) is 8.97. The Labute approximate surface area is 170 Å². The van der Waals surface area contributed by atoms with E-state index in [0.29, 0.717) is 35.6 Å². The van der Waals surface area contributed by atoms with Gasteiger partial charge in [0, 0.05) is 23.7 Å². The second kappa shape index (κ2) is 8.61. The minimum Gasteiger partial charge on any atom is -0.300 e. The molecule has 0 aliphatic rings. The summed E-state index contributed by atoms with van der Waals surface area (Å²) in [7, 11) is 0. The van der Waals surface area contributed by atoms with Crippen molar-refractivity contribution in [2.75, 3.05) is 0 Å². The Kier molecular flexibility index (Phi) is 6.82. The normalized spacial score (nSPS) is 13.0. The van der Waals surface area contributed by atoms with Crippen LogP contribution in [0, 0.1) is 5.82 Å². The fraction of sp³-hybridized carbons (Fsp3) is 0.450. The van der Waals surface area contributed by atoms with Crippen LogP contribution in [0.25, 0.3) is 0 Å². The van der Waals surface area contributed by atoms with Crippen molar-refractivity contribution in [3.63, 3.8) is 0 Å². The molecular formula is C20H22F4N2O2S. The highest BCUT2D eigenvalue weighted by Crippen LogP contribution is 2.32. The first kappa shape index (κ1) is 23.0. The number of Topliss-reactive ketones (excluding diaryl/α,β-unsaturated/α-hetero) is 1. The third-order valence-corrected chi connectivity index (χ3v) is 5.48. The van der Waals surface area contributed by atoms with Gasteiger partial charge in [0.05, 0.1) is 11.1 Å². The monoisotopic (exact) mass is 430 g/mol. The summed E-state index contributed by atoms with van der Waals surface area (Å²) in [5.74, 6) is -2.68. The van der Waals surface area contributed by atoms with Crippen LogP contribution >= 0.6 is 11.5 Å². The number of hydrogen-bond acceptors (Lipinski definition) is 3. The molecule has 4 nitrogen and oxygen atoms in total. The molecule has 1 aromatic carbocycles. The van der Waals surface area contributed by atoms with E-state index in [-0.39, 0.29) is 11.3 Å². The molecule has 158 valence electrons. The largest absolute Gasteiger partial charge is 0.419 e. The molecule has 0 aliphatic carbocycles. The Balaban J connectivity index is 2.48. The zero-order valence-electron chi connectivity index (χ0n) is 16.6. The molecule has 1 amide bonds. The van der Waals surface area contributed by atoms with Crippen molar-refractivity contribution in [1.29, 1.82) is 0 Å². The van der Waals surface area contributed by atoms with Crippen LogP contribution in [0.2, 0.25) is 0 Å². The minimum absolute atomic E-state index is 0.0320. The van der Waals surface area contributed by atoms with E-state index in [0.717, 1.165) is 23.7 Å². The Morgan fingerprint density at radius 2 is 1.83 bits per heavy atom. The van der Waals surface area contributed by atoms with Crippen LogP contribution in [0.15, 0.2) is 29.4 Å². The average Bonchev–Trinajstić information content (AvgIpc) is 2.96. The van der Waals surface area contributed by atoms with E-state index in [1.54, 1.807) is 6.20 Å². The van der Waals surface area contributed by atoms with Gasteiger partial charge in [0.15, 0.2) is 0 Å². The predicted molar refractivity (Wildman–Crippen MR) is 102 cm³/mol. The number of alkyl halides is 3. The van der Waals surface area contributed by atoms with Gasteiger partial charge in [0.2, 0.25) is 0 Å². The number of aromatic nitrogens is 1. The summed E-state index contributed by atoms with van der Waals surface area (Å²) in [4.78, 5) is 27.6. The van der Waals surface area contributed by atoms with E-state index in [1.165, 1.54) is 6.92 Å². The van der Waals surface area contributed by atoms with Gasteiger partial charge in [-0.1, -0.05) is 6.07 Å². The molecule has 0 saturated heterocycles. The van der Waals surface area contributed by atoms with Crippen LogP contribution in [0.5, 0.6) is 0 Å². The van der Waals surface area contributed by atoms with Gasteiger partial charge in [0.25, 0.3) is 5.91 Å². The van der Waals surface area contributed by atoms with E-state index in [1.807, 2.05) is 24.7 Å². The third kappa shape index (κ3) is 5.85. The molecule has 9 heteroatoms. The lowest BCUT2D eigenvalue weighted by Gasteiger charge is -2.19. The molecule has 1 aromatic heterocycles. The quantitative estimate of drug-likeness (QED) is 0.619. The number of hydrogen-bond donors (Lipinski definition) is 0. The lowest BCUT2D eigenvalue weighted by atomic mass is 10.1. The number of carbonyl (C=O) groups excluding carboxylic acids is 2. The van der Waals surface area contributed by atoms with Crippen LogP contribution in [0.1, 0.15) is 62.0 Å². The van der Waals surface area contributed by atoms with Crippen LogP contribution in [0.4, 0.5) is 17.6 Å². The Morgan fingerprint density at radius 3 is 2.38 bits per heavy atom. The zero-order chi connectivity index (χ0) is 22.0. The van der Waals surface area contributed by atoms with Crippen molar-refractivity contribution in [2.24, 2.45) is 4.99 Å². The molecule has 0 saturated carbocycles. The Hall–Kier alpha value is -2.29. The molecule has 0 spiro atoms. The van der Waals surface area contributed by atoms with Gasteiger partial charge in [-0.05, 0) is 64.2 Å². The molecule has 0 unspecified atom stereocenters. The summed E-state index contributed by atoms with van der Waals surface area (Å²) >= 11 is 1.16. The number of amides is 1. The third-order valence-electron chi connectivity index (χ3n) is 4.11. The van der Waals surface area contributed by atoms with E-state index in [2.05, 4.69) is 4.99 Å². The van der Waals surface area contributed by atoms with Crippen molar-refractivity contribution in [1.82, 2.24) is 3.96 Å². The average molecular weight is 430 g/mol. The number of ketones is 1. The van der Waals surface area contributed by atoms with E-state index >= 15 is 0 Å². The van der Waals surface area contributed by atoms with Gasteiger partial charge in [-0.15, -0.1) is 0 Å². The number of aryl methyl sites for hydroxylation is 1. The molecule has 0 bridgehead atoms. The van der Waals surface area contributed by atoms with Crippen molar-refractivity contribution in [2.45, 2.75) is 58.7 Å². The maximum atomic E-state index is 14.3. The van der Waals surface area contributed by atoms with Crippen LogP contribution in [0.3, 0.4) is 0 Å². The number of benzene rings is 1. The van der Waals surface area contributed by atoms with Crippen molar-refractivity contribution in [3.8, 4) is 0 Å². The SMILES string of the molecule is CC(=O)CCCc1cn(C(C)(C)C)sc1=NC(=O)c1cccc(C(F)(F)F)c1F. The highest BCUT2D eigenvalue weighted by atomic mass is 32.1. The highest BCUT2D eigenvalue weighted by molar-refractivity contribution is 7.04. The Morgan fingerprint density at radius 1 is 1.17 bits per heavy atom. The maximum Gasteiger partial charge on any atom is 0.419 e. The molecule has 0 aliphatic heterocycles. The molecule has 29 heavy (non-hydrogen) atoms. The van der Waals surface area contributed by atoms with E-state index in [4.69, 9.17) is 0 Å². The standard InChI is InChI=1S/C20H22F4N2O2S/c1-12(27)7-5-8-13-11-26(19(2,3)4)29-18(13)25-17(28)14-9-6-10-15(16(14)21)20(22,23)24/h6,9-11H,5,7-8H2,1-4H3. The zero-order valence-corrected chi connectivity index (χ0v) is 17.4. The molecule has 0 radical (unpaired) electrons. The summed E-state index contributed by atoms with van der Waals surface area (Å²) in [6.45, 7) is 7.32. The molecule has 2 rings (SSSR count). The van der Waals surface area contributed by atoms with Crippen LogP contribution in [-0.4, -0.2) is 15.6 Å². The predicted octanol–water partition coefficient (Wildman–Crippen LogP) is 5.12. The van der Waals surface area contributed by atoms with Crippen LogP contribution in [-0.2, 0) is 22.9 Å². The van der Waals surface area contributed by atoms with Gasteiger partial charge < -0.3 is 4.79 Å². The van der Waals surface area contributed by atoms with Gasteiger partial charge in [0.1, 0.15) is 16.3 Å². The molecule has 1 heterocycles. The molecule has 2 aromatic rings. The summed E-state index contributed by atoms with van der Waals surface area (Å²) in [5.41, 5.74) is -1.86. The van der Waals surface area contributed by atoms with Gasteiger partial charge in [-0.2, -0.15) is 18.2 Å². The van der Waals surface area contributed by atoms with Gasteiger partial charge in [-0.25, -0.2) is 4.39 Å². The van der Waals surface area contributed by atoms with E-state index in [9.17, 15) is 27.2 Å². The van der Waals surface area contributed by atoms with Crippen molar-refractivity contribution in [3.05, 3.63) is 51.6 Å². The first-order chi connectivity index (χ1) is 13.3. The number of rotatable bonds is 5. The molecular weight excluding hydrogens is 408 g/mol.